The fourth-order valence-electron chi connectivity index (χ4n) is 0.387. The second-order valence-electron chi connectivity index (χ2n) is 1.36. The quantitative estimate of drug-likeness (QED) is 0.435. The zero-order valence-corrected chi connectivity index (χ0v) is 4.24. The molecule has 0 aliphatic rings. The van der Waals surface area contributed by atoms with E-state index >= 15 is 0 Å². The predicted molar refractivity (Wildman–Crippen MR) is 29.3 cm³/mol. The van der Waals surface area contributed by atoms with Gasteiger partial charge >= 0.3 is 0 Å². The lowest BCUT2D eigenvalue weighted by Crippen LogP contribution is -2.14. The smallest absolute Gasteiger partial charge is 0.113 e. The summed E-state index contributed by atoms with van der Waals surface area (Å²) in [4.78, 5) is 10.5. The summed E-state index contributed by atoms with van der Waals surface area (Å²) in [5, 5.41) is 3.57. The van der Waals surface area contributed by atoms with Gasteiger partial charge in [-0.1, -0.05) is 12.1 Å². The van der Waals surface area contributed by atoms with E-state index in [0.29, 0.717) is 0 Å². The van der Waals surface area contributed by atoms with Crippen molar-refractivity contribution in [1.29, 1.82) is 0 Å². The number of hydrogen-bond acceptors (Lipinski definition) is 2. The van der Waals surface area contributed by atoms with Gasteiger partial charge in [0.25, 0.3) is 0 Å². The number of rotatable bonds is 0. The standard InChI is InChI=1S/C5H5N2O/c1-7-5(8)3-2-4-6-7/h2-4H,1H2/q-1. The first-order valence-corrected chi connectivity index (χ1v) is 2.16. The van der Waals surface area contributed by atoms with Crippen LogP contribution in [0.3, 0.4) is 0 Å². The monoisotopic (exact) mass is 109 g/mol. The van der Waals surface area contributed by atoms with Crippen LogP contribution in [0, 0.1) is 7.05 Å². The summed E-state index contributed by atoms with van der Waals surface area (Å²) in [7, 11) is 3.31. The summed E-state index contributed by atoms with van der Waals surface area (Å²) in [6.45, 7) is 0. The molecule has 0 spiro atoms. The van der Waals surface area contributed by atoms with Crippen LogP contribution in [0.4, 0.5) is 0 Å². The molecular formula is C5H5N2O-. The fraction of sp³-hybridized carbons (Fsp3) is 0. The van der Waals surface area contributed by atoms with E-state index in [-0.39, 0.29) is 5.56 Å². The van der Waals surface area contributed by atoms with Crippen LogP contribution < -0.4 is 5.56 Å². The van der Waals surface area contributed by atoms with Crippen molar-refractivity contribution in [1.82, 2.24) is 9.78 Å². The van der Waals surface area contributed by atoms with Crippen LogP contribution >= 0.6 is 0 Å². The molecule has 0 radical (unpaired) electrons. The Balaban J connectivity index is 3.35. The van der Waals surface area contributed by atoms with Crippen LogP contribution in [0.2, 0.25) is 0 Å². The van der Waals surface area contributed by atoms with Crippen molar-refractivity contribution in [2.24, 2.45) is 0 Å². The molecule has 0 aliphatic carbocycles. The molecule has 0 fully saturated rings. The maximum Gasteiger partial charge on any atom is 0.113 e. The highest BCUT2D eigenvalue weighted by molar-refractivity contribution is 4.84. The molecule has 0 saturated heterocycles. The zero-order chi connectivity index (χ0) is 5.98. The second kappa shape index (κ2) is 1.69. The molecule has 0 aromatic carbocycles. The predicted octanol–water partition coefficient (Wildman–Crippen LogP) is -0.117. The summed E-state index contributed by atoms with van der Waals surface area (Å²) in [5.41, 5.74) is -0.187. The Kier molecular flexibility index (Phi) is 1.04. The molecule has 0 atom stereocenters. The van der Waals surface area contributed by atoms with Gasteiger partial charge in [0.1, 0.15) is 5.56 Å². The first-order chi connectivity index (χ1) is 3.80. The maximum atomic E-state index is 10.5. The van der Waals surface area contributed by atoms with Gasteiger partial charge in [-0.2, -0.15) is 7.05 Å². The van der Waals surface area contributed by atoms with E-state index in [1.54, 1.807) is 6.07 Å². The van der Waals surface area contributed by atoms with Gasteiger partial charge in [0.15, 0.2) is 0 Å². The van der Waals surface area contributed by atoms with Crippen LogP contribution in [-0.4, -0.2) is 9.78 Å². The normalized spacial score (nSPS) is 9.00. The molecule has 0 saturated carbocycles. The van der Waals surface area contributed by atoms with Gasteiger partial charge in [-0.15, -0.1) is 0 Å². The van der Waals surface area contributed by atoms with Gasteiger partial charge in [0.2, 0.25) is 0 Å². The molecule has 1 aromatic rings. The highest BCUT2D eigenvalue weighted by Gasteiger charge is 1.70. The summed E-state index contributed by atoms with van der Waals surface area (Å²) in [6.07, 6.45) is 1.51. The van der Waals surface area contributed by atoms with E-state index in [1.165, 1.54) is 12.3 Å². The van der Waals surface area contributed by atoms with Crippen LogP contribution in [0.15, 0.2) is 23.1 Å². The Bertz CT molecular complexity index is 228. The van der Waals surface area contributed by atoms with E-state index in [2.05, 4.69) is 12.1 Å². The van der Waals surface area contributed by atoms with Crippen molar-refractivity contribution in [2.45, 2.75) is 0 Å². The molecule has 1 heterocycles. The number of aromatic nitrogens is 2. The largest absolute Gasteiger partial charge is 0.381 e. The van der Waals surface area contributed by atoms with E-state index < -0.39 is 0 Å². The molecular weight excluding hydrogens is 104 g/mol. The van der Waals surface area contributed by atoms with Crippen LogP contribution in [0.1, 0.15) is 0 Å². The van der Waals surface area contributed by atoms with Gasteiger partial charge in [0.05, 0.1) is 0 Å². The van der Waals surface area contributed by atoms with Crippen LogP contribution in [0.5, 0.6) is 0 Å². The Morgan fingerprint density at radius 3 is 2.88 bits per heavy atom. The number of hydrogen-bond donors (Lipinski definition) is 0. The molecule has 0 amide bonds. The summed E-state index contributed by atoms with van der Waals surface area (Å²) in [6, 6.07) is 2.98. The molecule has 3 heteroatoms. The third-order valence-corrected chi connectivity index (χ3v) is 0.785. The van der Waals surface area contributed by atoms with Crippen LogP contribution in [-0.2, 0) is 0 Å². The molecule has 1 rings (SSSR count). The molecule has 1 aromatic heterocycles. The van der Waals surface area contributed by atoms with Crippen molar-refractivity contribution < 1.29 is 0 Å². The summed E-state index contributed by atoms with van der Waals surface area (Å²) in [5.74, 6) is 0. The van der Waals surface area contributed by atoms with Crippen molar-refractivity contribution in [3.63, 3.8) is 0 Å². The molecule has 0 bridgehead atoms. The van der Waals surface area contributed by atoms with E-state index in [0.717, 1.165) is 4.68 Å². The SMILES string of the molecule is [CH2-]n1ncccc1=O. The first-order valence-electron chi connectivity index (χ1n) is 2.16. The zero-order valence-electron chi connectivity index (χ0n) is 4.24. The van der Waals surface area contributed by atoms with Crippen molar-refractivity contribution in [3.05, 3.63) is 35.7 Å². The highest BCUT2D eigenvalue weighted by atomic mass is 16.1. The van der Waals surface area contributed by atoms with Gasteiger partial charge in [-0.05, 0) is 0 Å². The Hall–Kier alpha value is -1.25. The minimum Gasteiger partial charge on any atom is -0.381 e. The Labute approximate surface area is 46.6 Å². The molecule has 3 nitrogen and oxygen atoms in total. The summed E-state index contributed by atoms with van der Waals surface area (Å²) >= 11 is 0. The number of nitrogens with zero attached hydrogens (tertiary/aromatic N) is 2. The molecule has 0 aliphatic heterocycles. The topological polar surface area (TPSA) is 34.9 Å². The lowest BCUT2D eigenvalue weighted by atomic mass is 10.6. The molecule has 42 valence electrons. The highest BCUT2D eigenvalue weighted by Crippen LogP contribution is 1.67. The van der Waals surface area contributed by atoms with Crippen molar-refractivity contribution in [3.8, 4) is 0 Å². The average Bonchev–Trinajstić information content (AvgIpc) is 1.77. The van der Waals surface area contributed by atoms with Gasteiger partial charge in [0, 0.05) is 6.20 Å². The summed E-state index contributed by atoms with van der Waals surface area (Å²) < 4.78 is 1.03. The van der Waals surface area contributed by atoms with Gasteiger partial charge in [-0.25, -0.2) is 5.10 Å². The third kappa shape index (κ3) is 0.703. The van der Waals surface area contributed by atoms with Gasteiger partial charge < -0.3 is 9.48 Å². The van der Waals surface area contributed by atoms with Crippen molar-refractivity contribution >= 4 is 0 Å². The van der Waals surface area contributed by atoms with Crippen molar-refractivity contribution in [2.75, 3.05) is 0 Å². The van der Waals surface area contributed by atoms with E-state index in [4.69, 9.17) is 0 Å². The lowest BCUT2D eigenvalue weighted by molar-refractivity contribution is 0.802. The minimum absolute atomic E-state index is 0.187. The van der Waals surface area contributed by atoms with Gasteiger partial charge in [-0.3, -0.25) is 0 Å². The molecule has 8 heavy (non-hydrogen) atoms. The molecule has 0 unspecified atom stereocenters. The fourth-order valence-corrected chi connectivity index (χ4v) is 0.387. The second-order valence-corrected chi connectivity index (χ2v) is 1.36. The average molecular weight is 109 g/mol. The lowest BCUT2D eigenvalue weighted by Gasteiger charge is -1.98. The maximum absolute atomic E-state index is 10.5. The Morgan fingerprint density at radius 1 is 1.75 bits per heavy atom. The third-order valence-electron chi connectivity index (χ3n) is 0.785. The Morgan fingerprint density at radius 2 is 2.50 bits per heavy atom. The van der Waals surface area contributed by atoms with Crippen LogP contribution in [0.25, 0.3) is 0 Å². The minimum atomic E-state index is -0.187. The molecule has 0 N–H and O–H groups in total. The first kappa shape index (κ1) is 4.90. The van der Waals surface area contributed by atoms with E-state index in [1.807, 2.05) is 0 Å². The van der Waals surface area contributed by atoms with E-state index in [9.17, 15) is 4.79 Å².